The number of aryl methyl sites for hydroxylation is 2. The Morgan fingerprint density at radius 3 is 2.50 bits per heavy atom. The predicted molar refractivity (Wildman–Crippen MR) is 153 cm³/mol. The van der Waals surface area contributed by atoms with Crippen LogP contribution in [0.4, 0.5) is 4.79 Å². The summed E-state index contributed by atoms with van der Waals surface area (Å²) in [5.41, 5.74) is 5.65. The summed E-state index contributed by atoms with van der Waals surface area (Å²) in [5, 5.41) is 7.98. The summed E-state index contributed by atoms with van der Waals surface area (Å²) in [6.45, 7) is 7.38. The number of alkyl carbamates (subject to hydrolysis) is 1. The molecule has 1 aliphatic carbocycles. The first-order chi connectivity index (χ1) is 19.1. The first-order valence-corrected chi connectivity index (χ1v) is 14.3. The SMILES string of the molecule is CCc1c/c(=N/NC(=O)[C@H](NC(=O)OC(C)(C)C)c2ccccc2)oc2cc3c(cc12)CCC1(CCCCC1)O3. The van der Waals surface area contributed by atoms with Crippen molar-refractivity contribution in [2.75, 3.05) is 0 Å². The fourth-order valence-electron chi connectivity index (χ4n) is 5.69. The van der Waals surface area contributed by atoms with Crippen molar-refractivity contribution in [1.82, 2.24) is 10.7 Å². The van der Waals surface area contributed by atoms with Crippen LogP contribution in [0.25, 0.3) is 11.0 Å². The van der Waals surface area contributed by atoms with E-state index in [1.54, 1.807) is 45.0 Å². The summed E-state index contributed by atoms with van der Waals surface area (Å²) < 4.78 is 18.2. The Morgan fingerprint density at radius 2 is 1.80 bits per heavy atom. The minimum atomic E-state index is -1.00. The molecule has 5 rings (SSSR count). The molecule has 0 unspecified atom stereocenters. The van der Waals surface area contributed by atoms with Gasteiger partial charge in [-0.15, -0.1) is 5.10 Å². The quantitative estimate of drug-likeness (QED) is 0.371. The van der Waals surface area contributed by atoms with E-state index >= 15 is 0 Å². The third-order valence-electron chi connectivity index (χ3n) is 7.68. The number of benzene rings is 2. The summed E-state index contributed by atoms with van der Waals surface area (Å²) in [4.78, 5) is 25.8. The normalized spacial score (nSPS) is 17.6. The van der Waals surface area contributed by atoms with Crippen molar-refractivity contribution in [3.63, 3.8) is 0 Å². The zero-order valence-corrected chi connectivity index (χ0v) is 23.8. The number of nitrogens with zero attached hydrogens (tertiary/aromatic N) is 1. The fraction of sp³-hybridized carbons (Fsp3) is 0.469. The van der Waals surface area contributed by atoms with Gasteiger partial charge in [0.05, 0.1) is 0 Å². The number of hydrogen-bond donors (Lipinski definition) is 2. The Kier molecular flexibility index (Phi) is 7.88. The average molecular weight is 546 g/mol. The van der Waals surface area contributed by atoms with E-state index in [9.17, 15) is 9.59 Å². The highest BCUT2D eigenvalue weighted by atomic mass is 16.6. The molecule has 2 heterocycles. The maximum absolute atomic E-state index is 13.3. The van der Waals surface area contributed by atoms with Crippen LogP contribution >= 0.6 is 0 Å². The van der Waals surface area contributed by atoms with Crippen molar-refractivity contribution in [3.8, 4) is 5.75 Å². The molecule has 8 nitrogen and oxygen atoms in total. The molecule has 2 N–H and O–H groups in total. The molecule has 2 aromatic carbocycles. The molecule has 3 aromatic rings. The third-order valence-corrected chi connectivity index (χ3v) is 7.68. The molecule has 1 aliphatic heterocycles. The number of carbonyl (C=O) groups is 2. The van der Waals surface area contributed by atoms with Gasteiger partial charge in [0, 0.05) is 17.5 Å². The Bertz CT molecular complexity index is 1450. The van der Waals surface area contributed by atoms with Crippen LogP contribution in [0, 0.1) is 0 Å². The zero-order valence-electron chi connectivity index (χ0n) is 23.8. The van der Waals surface area contributed by atoms with Crippen molar-refractivity contribution >= 4 is 23.0 Å². The summed E-state index contributed by atoms with van der Waals surface area (Å²) in [6.07, 6.45) is 8.05. The van der Waals surface area contributed by atoms with Gasteiger partial charge in [-0.05, 0) is 88.5 Å². The molecule has 1 fully saturated rings. The number of nitrogens with one attached hydrogen (secondary N) is 2. The minimum absolute atomic E-state index is 0.0595. The third kappa shape index (κ3) is 6.32. The standard InChI is InChI=1S/C32H39N3O5/c1-5-21-19-27(34-35-29(36)28(22-12-8-6-9-13-22)33-30(37)40-31(2,3)4)38-26-20-25-23(18-24(21)26)14-17-32(39-25)15-10-7-11-16-32/h6,8-9,12-13,18-20,28H,5,7,10-11,14-17H2,1-4H3,(H,33,37)(H,35,36)/b34-27-/t28-/m1/s1. The average Bonchev–Trinajstić information content (AvgIpc) is 2.93. The van der Waals surface area contributed by atoms with Crippen molar-refractivity contribution in [1.29, 1.82) is 0 Å². The number of carbonyl (C=O) groups excluding carboxylic acids is 2. The lowest BCUT2D eigenvalue weighted by atomic mass is 9.79. The van der Waals surface area contributed by atoms with E-state index in [4.69, 9.17) is 13.9 Å². The molecule has 40 heavy (non-hydrogen) atoms. The van der Waals surface area contributed by atoms with Crippen molar-refractivity contribution < 1.29 is 23.5 Å². The van der Waals surface area contributed by atoms with Gasteiger partial charge in [0.2, 0.25) is 5.55 Å². The second-order valence-corrected chi connectivity index (χ2v) is 11.8. The van der Waals surface area contributed by atoms with Gasteiger partial charge in [0.15, 0.2) is 0 Å². The number of ether oxygens (including phenoxy) is 2. The van der Waals surface area contributed by atoms with Crippen LogP contribution in [0.2, 0.25) is 0 Å². The predicted octanol–water partition coefficient (Wildman–Crippen LogP) is 6.22. The van der Waals surface area contributed by atoms with E-state index in [1.807, 2.05) is 18.2 Å². The van der Waals surface area contributed by atoms with Crippen LogP contribution in [0.3, 0.4) is 0 Å². The first-order valence-electron chi connectivity index (χ1n) is 14.3. The Labute approximate surface area is 235 Å². The van der Waals surface area contributed by atoms with Crippen molar-refractivity contribution in [2.45, 2.75) is 96.3 Å². The van der Waals surface area contributed by atoms with Crippen LogP contribution in [0.1, 0.15) is 89.0 Å². The van der Waals surface area contributed by atoms with Gasteiger partial charge in [-0.1, -0.05) is 43.7 Å². The van der Waals surface area contributed by atoms with Crippen molar-refractivity contribution in [2.24, 2.45) is 5.10 Å². The lowest BCUT2D eigenvalue weighted by Crippen LogP contribution is -2.41. The topological polar surface area (TPSA) is 102 Å². The molecular formula is C32H39N3O5. The smallest absolute Gasteiger partial charge is 0.408 e. The molecule has 0 saturated heterocycles. The molecule has 2 amide bonds. The molecule has 2 aliphatic rings. The summed E-state index contributed by atoms with van der Waals surface area (Å²) in [5.74, 6) is 0.372. The maximum Gasteiger partial charge on any atom is 0.408 e. The molecule has 1 atom stereocenters. The zero-order chi connectivity index (χ0) is 28.3. The summed E-state index contributed by atoms with van der Waals surface area (Å²) >= 11 is 0. The van der Waals surface area contributed by atoms with Crippen LogP contribution in [-0.4, -0.2) is 23.2 Å². The lowest BCUT2D eigenvalue weighted by molar-refractivity contribution is -0.123. The second-order valence-electron chi connectivity index (χ2n) is 11.8. The van der Waals surface area contributed by atoms with Crippen LogP contribution in [-0.2, 0) is 22.4 Å². The minimum Gasteiger partial charge on any atom is -0.487 e. The lowest BCUT2D eigenvalue weighted by Gasteiger charge is -2.41. The van der Waals surface area contributed by atoms with Gasteiger partial charge in [0.1, 0.15) is 28.6 Å². The van der Waals surface area contributed by atoms with Gasteiger partial charge in [-0.2, -0.15) is 0 Å². The van der Waals surface area contributed by atoms with Gasteiger partial charge in [-0.25, -0.2) is 10.2 Å². The Hall–Kier alpha value is -3.81. The molecular weight excluding hydrogens is 506 g/mol. The van der Waals surface area contributed by atoms with E-state index in [0.29, 0.717) is 11.1 Å². The summed E-state index contributed by atoms with van der Waals surface area (Å²) in [7, 11) is 0. The van der Waals surface area contributed by atoms with Crippen LogP contribution in [0.15, 0.2) is 58.0 Å². The number of amides is 2. The van der Waals surface area contributed by atoms with E-state index in [-0.39, 0.29) is 11.2 Å². The van der Waals surface area contributed by atoms with Gasteiger partial charge < -0.3 is 19.2 Å². The number of fused-ring (bicyclic) bond motifs is 2. The monoisotopic (exact) mass is 545 g/mol. The van der Waals surface area contributed by atoms with Crippen LogP contribution in [0.5, 0.6) is 5.75 Å². The van der Waals surface area contributed by atoms with E-state index < -0.39 is 23.6 Å². The van der Waals surface area contributed by atoms with E-state index in [0.717, 1.165) is 48.8 Å². The molecule has 1 spiro atoms. The molecule has 0 radical (unpaired) electrons. The summed E-state index contributed by atoms with van der Waals surface area (Å²) in [6, 6.07) is 14.0. The molecule has 1 aromatic heterocycles. The van der Waals surface area contributed by atoms with Crippen molar-refractivity contribution in [3.05, 3.63) is 70.8 Å². The highest BCUT2D eigenvalue weighted by Crippen LogP contribution is 2.43. The maximum atomic E-state index is 13.3. The molecule has 8 heteroatoms. The number of rotatable bonds is 5. The highest BCUT2D eigenvalue weighted by Gasteiger charge is 2.37. The Morgan fingerprint density at radius 1 is 1.05 bits per heavy atom. The molecule has 0 bridgehead atoms. The highest BCUT2D eigenvalue weighted by molar-refractivity contribution is 5.87. The van der Waals surface area contributed by atoms with Gasteiger partial charge in [-0.3, -0.25) is 4.79 Å². The second kappa shape index (κ2) is 11.4. The Balaban J connectivity index is 1.42. The molecule has 212 valence electrons. The molecule has 1 saturated carbocycles. The largest absolute Gasteiger partial charge is 0.487 e. The van der Waals surface area contributed by atoms with Gasteiger partial charge in [0.25, 0.3) is 5.91 Å². The van der Waals surface area contributed by atoms with Crippen LogP contribution < -0.4 is 21.0 Å². The number of hydrogen-bond acceptors (Lipinski definition) is 6. The fourth-order valence-corrected chi connectivity index (χ4v) is 5.69. The first kappa shape index (κ1) is 27.7. The van der Waals surface area contributed by atoms with E-state index in [1.165, 1.54) is 24.8 Å². The van der Waals surface area contributed by atoms with Gasteiger partial charge >= 0.3 is 6.09 Å². The van der Waals surface area contributed by atoms with E-state index in [2.05, 4.69) is 28.8 Å².